The minimum absolute atomic E-state index is 0.0362. The van der Waals surface area contributed by atoms with Gasteiger partial charge in [0, 0.05) is 29.5 Å². The Morgan fingerprint density at radius 3 is 2.55 bits per heavy atom. The molecule has 4 N–H and O–H groups in total. The number of anilines is 3. The van der Waals surface area contributed by atoms with Crippen molar-refractivity contribution in [1.29, 1.82) is 5.26 Å². The minimum atomic E-state index is -2.67. The highest BCUT2D eigenvalue weighted by atomic mass is 35.5. The number of hydrogen-bond donors (Lipinski definition) is 4. The number of hydrazine groups is 2. The van der Waals surface area contributed by atoms with Crippen LogP contribution in [-0.2, 0) is 0 Å². The average Bonchev–Trinajstić information content (AvgIpc) is 3.40. The van der Waals surface area contributed by atoms with Crippen molar-refractivity contribution in [2.24, 2.45) is 0 Å². The van der Waals surface area contributed by atoms with Gasteiger partial charge in [0.1, 0.15) is 11.9 Å². The van der Waals surface area contributed by atoms with Gasteiger partial charge in [-0.05, 0) is 29.8 Å². The van der Waals surface area contributed by atoms with E-state index in [1.807, 2.05) is 6.07 Å². The molecule has 8 nitrogen and oxygen atoms in total. The van der Waals surface area contributed by atoms with E-state index in [1.165, 1.54) is 36.7 Å². The Hall–Kier alpha value is -4.67. The Morgan fingerprint density at radius 1 is 1.07 bits per heavy atom. The minimum Gasteiger partial charge on any atom is -0.373 e. The van der Waals surface area contributed by atoms with Gasteiger partial charge in [-0.1, -0.05) is 23.7 Å². The van der Waals surface area contributed by atoms with Gasteiger partial charge in [-0.2, -0.15) is 9.65 Å². The van der Waals surface area contributed by atoms with E-state index < -0.39 is 36.6 Å². The number of pyridine rings is 2. The molecule has 2 aromatic carbocycles. The molecule has 40 heavy (non-hydrogen) atoms. The van der Waals surface area contributed by atoms with Crippen LogP contribution in [0.1, 0.15) is 18.5 Å². The van der Waals surface area contributed by atoms with E-state index in [4.69, 9.17) is 11.6 Å². The summed E-state index contributed by atoms with van der Waals surface area (Å²) >= 11 is 6.53. The summed E-state index contributed by atoms with van der Waals surface area (Å²) in [5, 5.41) is 17.0. The van der Waals surface area contributed by atoms with E-state index in [9.17, 15) is 28.6 Å². The molecular formula is C26H18ClF5N8. The highest BCUT2D eigenvalue weighted by Crippen LogP contribution is 2.37. The number of hydrogen-bond acceptors (Lipinski definition) is 8. The number of aromatic nitrogens is 2. The number of fused-ring (bicyclic) bond motifs is 1. The van der Waals surface area contributed by atoms with Crippen molar-refractivity contribution >= 4 is 39.6 Å². The standard InChI is InChI=1S/C26H18ClF5N8/c27-19-6-16(36-24(13-1-3-15(28)4-2-13)21-11-40(39-38-21)12-22(30)31)5-18-23(14(8-33)9-34-25(18)19)37-17-7-20(29)26(32)35-10-17/h1-7,9-11,22,24,36,38-39H,12H2,(H,34,37)/t24-/m1/s1/i24D. The fourth-order valence-corrected chi connectivity index (χ4v) is 4.24. The number of alkyl halides is 2. The molecule has 0 fully saturated rings. The molecule has 0 saturated carbocycles. The molecule has 1 atom stereocenters. The van der Waals surface area contributed by atoms with Crippen LogP contribution in [0.25, 0.3) is 10.9 Å². The van der Waals surface area contributed by atoms with Gasteiger partial charge in [-0.25, -0.2) is 22.5 Å². The van der Waals surface area contributed by atoms with Crippen molar-refractivity contribution < 1.29 is 23.3 Å². The lowest BCUT2D eigenvalue weighted by molar-refractivity contribution is 0.0889. The van der Waals surface area contributed by atoms with Crippen molar-refractivity contribution in [3.05, 3.63) is 100 Å². The Kier molecular flexibility index (Phi) is 7.17. The highest BCUT2D eigenvalue weighted by molar-refractivity contribution is 6.36. The van der Waals surface area contributed by atoms with Gasteiger partial charge in [0.05, 0.1) is 53.3 Å². The van der Waals surface area contributed by atoms with Crippen molar-refractivity contribution in [3.8, 4) is 6.07 Å². The summed E-state index contributed by atoms with van der Waals surface area (Å²) in [6.07, 6.45) is 0.891. The molecule has 0 bridgehead atoms. The smallest absolute Gasteiger partial charge is 0.257 e. The number of nitrogens with one attached hydrogen (secondary N) is 4. The lowest BCUT2D eigenvalue weighted by Gasteiger charge is -2.22. The van der Waals surface area contributed by atoms with Gasteiger partial charge < -0.3 is 16.1 Å². The second kappa shape index (κ2) is 11.2. The topological polar surface area (TPSA) is 101 Å². The number of nitriles is 1. The Morgan fingerprint density at radius 2 is 1.85 bits per heavy atom. The molecule has 0 unspecified atom stereocenters. The van der Waals surface area contributed by atoms with Crippen LogP contribution < -0.4 is 21.6 Å². The molecule has 0 amide bonds. The SMILES string of the molecule is [2H][C@](Nc1cc(Cl)c2ncc(C#N)c(Nc3cnc(F)c(F)c3)c2c1)(C1=CN(CC(F)F)NN1)c1ccc(F)cc1. The lowest BCUT2D eigenvalue weighted by atomic mass is 10.0. The molecule has 204 valence electrons. The van der Waals surface area contributed by atoms with Gasteiger partial charge in [-0.15, -0.1) is 5.53 Å². The summed E-state index contributed by atoms with van der Waals surface area (Å²) in [7, 11) is 0. The van der Waals surface area contributed by atoms with Crippen LogP contribution in [0.4, 0.5) is 39.0 Å². The van der Waals surface area contributed by atoms with Crippen LogP contribution in [0, 0.1) is 28.9 Å². The van der Waals surface area contributed by atoms with Crippen LogP contribution in [-0.4, -0.2) is 27.9 Å². The summed E-state index contributed by atoms with van der Waals surface area (Å²) in [5.74, 6) is -3.06. The largest absolute Gasteiger partial charge is 0.373 e. The first kappa shape index (κ1) is 25.6. The van der Waals surface area contributed by atoms with Gasteiger partial charge in [-0.3, -0.25) is 9.99 Å². The van der Waals surface area contributed by atoms with Crippen molar-refractivity contribution in [2.75, 3.05) is 17.2 Å². The van der Waals surface area contributed by atoms with Crippen molar-refractivity contribution in [1.82, 2.24) is 25.9 Å². The number of rotatable bonds is 8. The van der Waals surface area contributed by atoms with E-state index in [0.29, 0.717) is 0 Å². The van der Waals surface area contributed by atoms with Gasteiger partial charge in [0.15, 0.2) is 5.82 Å². The lowest BCUT2D eigenvalue weighted by Crippen LogP contribution is -2.39. The zero-order valence-electron chi connectivity index (χ0n) is 21.1. The number of benzene rings is 2. The second-order valence-electron chi connectivity index (χ2n) is 8.46. The third kappa shape index (κ3) is 5.68. The number of nitrogens with zero attached hydrogens (tertiary/aromatic N) is 4. The first-order valence-corrected chi connectivity index (χ1v) is 11.9. The molecule has 1 aliphatic rings. The second-order valence-corrected chi connectivity index (χ2v) is 8.87. The van der Waals surface area contributed by atoms with E-state index in [0.717, 1.165) is 29.4 Å². The normalized spacial score (nSPS) is 14.8. The molecular weight excluding hydrogens is 555 g/mol. The maximum Gasteiger partial charge on any atom is 0.257 e. The summed E-state index contributed by atoms with van der Waals surface area (Å²) in [6.45, 7) is -0.672. The summed E-state index contributed by atoms with van der Waals surface area (Å²) < 4.78 is 76.2. The molecule has 0 saturated heterocycles. The van der Waals surface area contributed by atoms with E-state index in [-0.39, 0.29) is 49.8 Å². The monoisotopic (exact) mass is 573 g/mol. The maximum atomic E-state index is 13.8. The Balaban J connectivity index is 1.61. The fraction of sp³-hybridized carbons (Fsp3) is 0.115. The zero-order chi connectivity index (χ0) is 29.3. The fourth-order valence-electron chi connectivity index (χ4n) is 3.97. The quantitative estimate of drug-likeness (QED) is 0.153. The molecule has 2 aromatic heterocycles. The summed E-state index contributed by atoms with van der Waals surface area (Å²) in [6, 6.07) is 8.91. The molecule has 1 aliphatic heterocycles. The first-order valence-electron chi connectivity index (χ1n) is 12.0. The van der Waals surface area contributed by atoms with Crippen molar-refractivity contribution in [3.63, 3.8) is 0 Å². The predicted octanol–water partition coefficient (Wildman–Crippen LogP) is 5.90. The Bertz CT molecular complexity index is 1700. The third-order valence-electron chi connectivity index (χ3n) is 5.74. The van der Waals surface area contributed by atoms with Crippen LogP contribution in [0.2, 0.25) is 5.02 Å². The van der Waals surface area contributed by atoms with E-state index in [2.05, 4.69) is 31.6 Å². The first-order chi connectivity index (χ1) is 19.6. The zero-order valence-corrected chi connectivity index (χ0v) is 20.9. The molecule has 14 heteroatoms. The van der Waals surface area contributed by atoms with Gasteiger partial charge >= 0.3 is 0 Å². The maximum absolute atomic E-state index is 13.8. The molecule has 4 aromatic rings. The molecule has 0 aliphatic carbocycles. The van der Waals surface area contributed by atoms with Crippen molar-refractivity contribution in [2.45, 2.75) is 12.4 Å². The third-order valence-corrected chi connectivity index (χ3v) is 6.02. The summed E-state index contributed by atoms with van der Waals surface area (Å²) in [5.41, 5.74) is 6.27. The highest BCUT2D eigenvalue weighted by Gasteiger charge is 2.24. The molecule has 3 heterocycles. The Labute approximate surface area is 230 Å². The molecule has 0 spiro atoms. The van der Waals surface area contributed by atoms with Crippen LogP contribution in [0.15, 0.2) is 66.8 Å². The summed E-state index contributed by atoms with van der Waals surface area (Å²) in [4.78, 5) is 7.57. The van der Waals surface area contributed by atoms with E-state index >= 15 is 0 Å². The number of halogens is 6. The average molecular weight is 574 g/mol. The predicted molar refractivity (Wildman–Crippen MR) is 139 cm³/mol. The van der Waals surface area contributed by atoms with Gasteiger partial charge in [0.25, 0.3) is 6.43 Å². The van der Waals surface area contributed by atoms with E-state index in [1.54, 1.807) is 0 Å². The van der Waals surface area contributed by atoms with Crippen LogP contribution in [0.5, 0.6) is 0 Å². The van der Waals surface area contributed by atoms with Crippen LogP contribution in [0.3, 0.4) is 0 Å². The van der Waals surface area contributed by atoms with Crippen LogP contribution >= 0.6 is 11.6 Å². The molecule has 0 radical (unpaired) electrons. The van der Waals surface area contributed by atoms with Gasteiger partial charge in [0.2, 0.25) is 5.95 Å². The molecule has 5 rings (SSSR count).